The highest BCUT2D eigenvalue weighted by atomic mass is 79.9. The number of hydrogen-bond acceptors (Lipinski definition) is 5. The zero-order valence-corrected chi connectivity index (χ0v) is 11.8. The van der Waals surface area contributed by atoms with E-state index in [1.807, 2.05) is 6.07 Å². The summed E-state index contributed by atoms with van der Waals surface area (Å²) in [6, 6.07) is 4.63. The molecule has 6 nitrogen and oxygen atoms in total. The largest absolute Gasteiger partial charge is 0.466 e. The predicted octanol–water partition coefficient (Wildman–Crippen LogP) is 2.47. The second-order valence-corrected chi connectivity index (χ2v) is 4.14. The maximum Gasteiger partial charge on any atom is 0.310 e. The van der Waals surface area contributed by atoms with Gasteiger partial charge < -0.3 is 4.74 Å². The van der Waals surface area contributed by atoms with Gasteiger partial charge in [0.25, 0.3) is 5.69 Å². The number of nitrogens with zero attached hydrogens (tertiary/aromatic N) is 2. The molecule has 0 radical (unpaired) electrons. The van der Waals surface area contributed by atoms with Gasteiger partial charge in [-0.3, -0.25) is 14.9 Å². The number of alkyl halides is 1. The summed E-state index contributed by atoms with van der Waals surface area (Å²) in [6.07, 6.45) is -0.0747. The van der Waals surface area contributed by atoms with Crippen LogP contribution in [0.15, 0.2) is 12.1 Å². The lowest BCUT2D eigenvalue weighted by atomic mass is 9.99. The zero-order valence-electron chi connectivity index (χ0n) is 10.2. The number of benzene rings is 1. The Hall–Kier alpha value is -1.94. The maximum absolute atomic E-state index is 11.4. The van der Waals surface area contributed by atoms with Crippen LogP contribution in [0.4, 0.5) is 5.69 Å². The van der Waals surface area contributed by atoms with E-state index in [0.717, 1.165) is 0 Å². The van der Waals surface area contributed by atoms with Gasteiger partial charge in [0.15, 0.2) is 0 Å². The minimum absolute atomic E-state index is 0.0747. The highest BCUT2D eigenvalue weighted by Gasteiger charge is 2.21. The van der Waals surface area contributed by atoms with Gasteiger partial charge in [0.05, 0.1) is 29.1 Å². The molecule has 0 unspecified atom stereocenters. The molecule has 0 aliphatic carbocycles. The van der Waals surface area contributed by atoms with E-state index in [2.05, 4.69) is 15.9 Å². The standard InChI is InChI=1S/C12H11BrN2O4/c1-2-19-12(16)5-8-3-4-11(15(17)18)9(6-13)10(8)7-14/h3-4H,2,5-6H2,1H3. The van der Waals surface area contributed by atoms with Crippen LogP contribution in [0.25, 0.3) is 0 Å². The molecule has 0 spiro atoms. The number of halogens is 1. The first-order valence-corrected chi connectivity index (χ1v) is 6.58. The molecule has 1 rings (SSSR count). The first kappa shape index (κ1) is 15.1. The summed E-state index contributed by atoms with van der Waals surface area (Å²) in [4.78, 5) is 21.7. The summed E-state index contributed by atoms with van der Waals surface area (Å²) >= 11 is 3.13. The number of nitro groups is 1. The number of esters is 1. The molecule has 19 heavy (non-hydrogen) atoms. The summed E-state index contributed by atoms with van der Waals surface area (Å²) in [5, 5.41) is 20.2. The van der Waals surface area contributed by atoms with Gasteiger partial charge in [-0.25, -0.2) is 0 Å². The first-order chi connectivity index (χ1) is 9.04. The fourth-order valence-electron chi connectivity index (χ4n) is 1.65. The van der Waals surface area contributed by atoms with Gasteiger partial charge in [0, 0.05) is 11.4 Å². The second-order valence-electron chi connectivity index (χ2n) is 3.58. The van der Waals surface area contributed by atoms with Gasteiger partial charge in [0.2, 0.25) is 0 Å². The van der Waals surface area contributed by atoms with E-state index in [9.17, 15) is 14.9 Å². The van der Waals surface area contributed by atoms with E-state index in [4.69, 9.17) is 10.00 Å². The summed E-state index contributed by atoms with van der Waals surface area (Å²) < 4.78 is 4.80. The van der Waals surface area contributed by atoms with Crippen LogP contribution in [-0.2, 0) is 21.3 Å². The van der Waals surface area contributed by atoms with Crippen molar-refractivity contribution < 1.29 is 14.5 Å². The topological polar surface area (TPSA) is 93.2 Å². The lowest BCUT2D eigenvalue weighted by Crippen LogP contribution is -2.10. The minimum Gasteiger partial charge on any atom is -0.466 e. The van der Waals surface area contributed by atoms with E-state index < -0.39 is 10.9 Å². The molecule has 0 amide bonds. The fourth-order valence-corrected chi connectivity index (χ4v) is 2.21. The molecule has 0 N–H and O–H groups in total. The summed E-state index contributed by atoms with van der Waals surface area (Å²) in [5.74, 6) is -0.464. The first-order valence-electron chi connectivity index (χ1n) is 5.45. The fraction of sp³-hybridized carbons (Fsp3) is 0.333. The number of hydrogen-bond donors (Lipinski definition) is 0. The number of carbonyl (C=O) groups excluding carboxylic acids is 1. The van der Waals surface area contributed by atoms with Crippen molar-refractivity contribution in [3.63, 3.8) is 0 Å². The molecule has 0 aromatic heterocycles. The Bertz CT molecular complexity index is 551. The Morgan fingerprint density at radius 2 is 2.26 bits per heavy atom. The monoisotopic (exact) mass is 326 g/mol. The SMILES string of the molecule is CCOC(=O)Cc1ccc([N+](=O)[O-])c(CBr)c1C#N. The van der Waals surface area contributed by atoms with Gasteiger partial charge >= 0.3 is 5.97 Å². The quantitative estimate of drug-likeness (QED) is 0.358. The highest BCUT2D eigenvalue weighted by Crippen LogP contribution is 2.27. The third-order valence-electron chi connectivity index (χ3n) is 2.46. The Balaban J connectivity index is 3.25. The molecule has 0 aliphatic rings. The van der Waals surface area contributed by atoms with Crippen molar-refractivity contribution in [1.82, 2.24) is 0 Å². The number of nitro benzene ring substituents is 1. The van der Waals surface area contributed by atoms with Crippen molar-refractivity contribution in [1.29, 1.82) is 5.26 Å². The minimum atomic E-state index is -0.550. The van der Waals surface area contributed by atoms with Gasteiger partial charge in [-0.05, 0) is 12.5 Å². The van der Waals surface area contributed by atoms with E-state index in [-0.39, 0.29) is 35.2 Å². The molecule has 1 aromatic rings. The van der Waals surface area contributed by atoms with Crippen LogP contribution in [0.5, 0.6) is 0 Å². The van der Waals surface area contributed by atoms with Crippen molar-refractivity contribution in [2.45, 2.75) is 18.7 Å². The third-order valence-corrected chi connectivity index (χ3v) is 3.02. The predicted molar refractivity (Wildman–Crippen MR) is 70.8 cm³/mol. The van der Waals surface area contributed by atoms with Crippen LogP contribution >= 0.6 is 15.9 Å². The molecule has 0 saturated heterocycles. The molecule has 100 valence electrons. The van der Waals surface area contributed by atoms with Crippen molar-refractivity contribution in [3.8, 4) is 6.07 Å². The normalized spacial score (nSPS) is 9.74. The molecular weight excluding hydrogens is 316 g/mol. The number of ether oxygens (including phenoxy) is 1. The molecule has 0 aliphatic heterocycles. The van der Waals surface area contributed by atoms with Crippen LogP contribution in [0.2, 0.25) is 0 Å². The Morgan fingerprint density at radius 1 is 1.58 bits per heavy atom. The number of carbonyl (C=O) groups is 1. The van der Waals surface area contributed by atoms with Crippen LogP contribution in [0, 0.1) is 21.4 Å². The third kappa shape index (κ3) is 3.51. The molecule has 1 aromatic carbocycles. The Morgan fingerprint density at radius 3 is 2.74 bits per heavy atom. The lowest BCUT2D eigenvalue weighted by molar-refractivity contribution is -0.385. The Labute approximate surface area is 118 Å². The zero-order chi connectivity index (χ0) is 14.4. The highest BCUT2D eigenvalue weighted by molar-refractivity contribution is 9.08. The van der Waals surface area contributed by atoms with Gasteiger partial charge in [-0.1, -0.05) is 22.0 Å². The van der Waals surface area contributed by atoms with Crippen LogP contribution < -0.4 is 0 Å². The second kappa shape index (κ2) is 6.85. The summed E-state index contributed by atoms with van der Waals surface area (Å²) in [5.41, 5.74) is 0.718. The van der Waals surface area contributed by atoms with Gasteiger partial charge in [-0.2, -0.15) is 5.26 Å². The molecule has 0 fully saturated rings. The van der Waals surface area contributed by atoms with Crippen molar-refractivity contribution in [2.24, 2.45) is 0 Å². The maximum atomic E-state index is 11.4. The molecule has 0 heterocycles. The van der Waals surface area contributed by atoms with E-state index >= 15 is 0 Å². The lowest BCUT2D eigenvalue weighted by Gasteiger charge is -2.08. The average molecular weight is 327 g/mol. The number of rotatable bonds is 5. The molecule has 0 bridgehead atoms. The Kier molecular flexibility index (Phi) is 5.45. The molecular formula is C12H11BrN2O4. The smallest absolute Gasteiger partial charge is 0.310 e. The molecule has 7 heteroatoms. The molecule has 0 saturated carbocycles. The average Bonchev–Trinajstić information content (AvgIpc) is 2.37. The van der Waals surface area contributed by atoms with Crippen molar-refractivity contribution in [3.05, 3.63) is 38.9 Å². The summed E-state index contributed by atoms with van der Waals surface area (Å²) in [7, 11) is 0. The van der Waals surface area contributed by atoms with E-state index in [1.54, 1.807) is 6.92 Å². The van der Waals surface area contributed by atoms with Crippen molar-refractivity contribution in [2.75, 3.05) is 6.61 Å². The van der Waals surface area contributed by atoms with Crippen LogP contribution in [-0.4, -0.2) is 17.5 Å². The number of nitriles is 1. The van der Waals surface area contributed by atoms with E-state index in [1.165, 1.54) is 12.1 Å². The summed E-state index contributed by atoms with van der Waals surface area (Å²) in [6.45, 7) is 1.93. The van der Waals surface area contributed by atoms with Gasteiger partial charge in [-0.15, -0.1) is 0 Å². The molecule has 0 atom stereocenters. The van der Waals surface area contributed by atoms with E-state index in [0.29, 0.717) is 5.56 Å². The van der Waals surface area contributed by atoms with Crippen LogP contribution in [0.1, 0.15) is 23.6 Å². The van der Waals surface area contributed by atoms with Crippen molar-refractivity contribution >= 4 is 27.6 Å². The van der Waals surface area contributed by atoms with Crippen LogP contribution in [0.3, 0.4) is 0 Å². The van der Waals surface area contributed by atoms with Gasteiger partial charge in [0.1, 0.15) is 6.07 Å².